The molecule has 0 amide bonds. The van der Waals surface area contributed by atoms with Crippen LogP contribution in [0.3, 0.4) is 0 Å². The normalized spacial score (nSPS) is 11.2. The summed E-state index contributed by atoms with van der Waals surface area (Å²) in [5, 5.41) is 11.1. The number of phenolic OH excluding ortho intramolecular Hbond substituents is 1. The highest BCUT2D eigenvalue weighted by atomic mass is 16.3. The lowest BCUT2D eigenvalue weighted by atomic mass is 10.1. The van der Waals surface area contributed by atoms with Crippen molar-refractivity contribution in [2.45, 2.75) is 26.6 Å². The molecule has 29 heavy (non-hydrogen) atoms. The molecule has 1 N–H and O–H groups in total. The summed E-state index contributed by atoms with van der Waals surface area (Å²) in [6.07, 6.45) is 0. The van der Waals surface area contributed by atoms with Gasteiger partial charge in [0.15, 0.2) is 5.43 Å². The first-order valence-electron chi connectivity index (χ1n) is 9.65. The molecule has 4 heteroatoms. The molecule has 0 aliphatic heterocycles. The van der Waals surface area contributed by atoms with Gasteiger partial charge in [0.2, 0.25) is 0 Å². The Morgan fingerprint density at radius 3 is 2.00 bits per heavy atom. The van der Waals surface area contributed by atoms with Crippen molar-refractivity contribution >= 4 is 11.0 Å². The van der Waals surface area contributed by atoms with Gasteiger partial charge in [0.25, 0.3) is 0 Å². The molecule has 3 aromatic carbocycles. The Kier molecular flexibility index (Phi) is 5.45. The van der Waals surface area contributed by atoms with Crippen LogP contribution in [0.5, 0.6) is 5.75 Å². The zero-order valence-corrected chi connectivity index (χ0v) is 16.3. The first kappa shape index (κ1) is 19.0. The minimum Gasteiger partial charge on any atom is -0.507 e. The van der Waals surface area contributed by atoms with E-state index in [1.165, 1.54) is 17.2 Å². The smallest absolute Gasteiger partial charge is 0.192 e. The fraction of sp³-hybridized carbons (Fsp3) is 0.160. The summed E-state index contributed by atoms with van der Waals surface area (Å²) in [5.41, 5.74) is 3.36. The SMILES string of the molecule is Cc1cc(=O)c2ccc(O)c(CN(Cc3ccccc3)Cc3ccccc3)c2o1. The van der Waals surface area contributed by atoms with Crippen LogP contribution in [0.4, 0.5) is 0 Å². The molecule has 0 unspecified atom stereocenters. The van der Waals surface area contributed by atoms with Crippen molar-refractivity contribution in [3.63, 3.8) is 0 Å². The second-order valence-electron chi connectivity index (χ2n) is 7.28. The first-order valence-corrected chi connectivity index (χ1v) is 9.65. The molecule has 0 bridgehead atoms. The molecular formula is C25H23NO3. The molecule has 4 aromatic rings. The minimum atomic E-state index is -0.0948. The molecule has 0 saturated carbocycles. The third-order valence-electron chi connectivity index (χ3n) is 4.98. The van der Waals surface area contributed by atoms with Crippen LogP contribution < -0.4 is 5.43 Å². The molecule has 4 nitrogen and oxygen atoms in total. The fourth-order valence-electron chi connectivity index (χ4n) is 3.61. The fourth-order valence-corrected chi connectivity index (χ4v) is 3.61. The van der Waals surface area contributed by atoms with E-state index in [2.05, 4.69) is 29.2 Å². The van der Waals surface area contributed by atoms with Crippen LogP contribution in [0.25, 0.3) is 11.0 Å². The van der Waals surface area contributed by atoms with Crippen molar-refractivity contribution in [2.75, 3.05) is 0 Å². The van der Waals surface area contributed by atoms with Crippen molar-refractivity contribution in [3.8, 4) is 5.75 Å². The van der Waals surface area contributed by atoms with Crippen LogP contribution in [0.15, 0.2) is 88.1 Å². The molecular weight excluding hydrogens is 362 g/mol. The highest BCUT2D eigenvalue weighted by molar-refractivity contribution is 5.82. The number of hydrogen-bond acceptors (Lipinski definition) is 4. The third-order valence-corrected chi connectivity index (χ3v) is 4.98. The largest absolute Gasteiger partial charge is 0.507 e. The number of rotatable bonds is 6. The van der Waals surface area contributed by atoms with Gasteiger partial charge in [-0.15, -0.1) is 0 Å². The quantitative estimate of drug-likeness (QED) is 0.507. The Balaban J connectivity index is 1.74. The molecule has 0 aliphatic carbocycles. The molecule has 0 atom stereocenters. The number of aryl methyl sites for hydroxylation is 1. The van der Waals surface area contributed by atoms with E-state index in [-0.39, 0.29) is 11.2 Å². The van der Waals surface area contributed by atoms with Crippen molar-refractivity contribution in [1.82, 2.24) is 4.90 Å². The minimum absolute atomic E-state index is 0.0948. The van der Waals surface area contributed by atoms with Gasteiger partial charge >= 0.3 is 0 Å². The number of phenols is 1. The second kappa shape index (κ2) is 8.33. The molecule has 0 saturated heterocycles. The lowest BCUT2D eigenvalue weighted by Crippen LogP contribution is -2.23. The molecule has 0 aliphatic rings. The van der Waals surface area contributed by atoms with E-state index in [9.17, 15) is 9.90 Å². The average molecular weight is 385 g/mol. The zero-order valence-electron chi connectivity index (χ0n) is 16.3. The molecule has 1 aromatic heterocycles. The van der Waals surface area contributed by atoms with Gasteiger partial charge in [-0.25, -0.2) is 0 Å². The van der Waals surface area contributed by atoms with E-state index in [1.807, 2.05) is 36.4 Å². The molecule has 0 spiro atoms. The van der Waals surface area contributed by atoms with E-state index in [0.717, 1.165) is 0 Å². The third kappa shape index (κ3) is 4.39. The van der Waals surface area contributed by atoms with Crippen LogP contribution in [-0.2, 0) is 19.6 Å². The maximum atomic E-state index is 12.4. The summed E-state index contributed by atoms with van der Waals surface area (Å²) in [4.78, 5) is 14.6. The first-order chi connectivity index (χ1) is 14.1. The van der Waals surface area contributed by atoms with Crippen molar-refractivity contribution in [2.24, 2.45) is 0 Å². The summed E-state index contributed by atoms with van der Waals surface area (Å²) in [5.74, 6) is 0.671. The summed E-state index contributed by atoms with van der Waals surface area (Å²) in [6.45, 7) is 3.63. The van der Waals surface area contributed by atoms with E-state index in [1.54, 1.807) is 19.1 Å². The number of aromatic hydroxyl groups is 1. The van der Waals surface area contributed by atoms with Crippen LogP contribution in [0.2, 0.25) is 0 Å². The van der Waals surface area contributed by atoms with E-state index >= 15 is 0 Å². The molecule has 1 heterocycles. The second-order valence-corrected chi connectivity index (χ2v) is 7.28. The highest BCUT2D eigenvalue weighted by Gasteiger charge is 2.17. The highest BCUT2D eigenvalue weighted by Crippen LogP contribution is 2.28. The monoisotopic (exact) mass is 385 g/mol. The van der Waals surface area contributed by atoms with Crippen LogP contribution in [0.1, 0.15) is 22.5 Å². The zero-order chi connectivity index (χ0) is 20.2. The Morgan fingerprint density at radius 1 is 0.828 bits per heavy atom. The maximum Gasteiger partial charge on any atom is 0.192 e. The van der Waals surface area contributed by atoms with E-state index < -0.39 is 0 Å². The van der Waals surface area contributed by atoms with Gasteiger partial charge in [-0.2, -0.15) is 0 Å². The molecule has 0 radical (unpaired) electrons. The molecule has 146 valence electrons. The van der Waals surface area contributed by atoms with Gasteiger partial charge < -0.3 is 9.52 Å². The average Bonchev–Trinajstić information content (AvgIpc) is 2.71. The number of fused-ring (bicyclic) bond motifs is 1. The van der Waals surface area contributed by atoms with E-state index in [0.29, 0.717) is 41.9 Å². The van der Waals surface area contributed by atoms with E-state index in [4.69, 9.17) is 4.42 Å². The van der Waals surface area contributed by atoms with Crippen molar-refractivity contribution in [3.05, 3.63) is 112 Å². The molecule has 4 rings (SSSR count). The van der Waals surface area contributed by atoms with Crippen LogP contribution in [-0.4, -0.2) is 10.0 Å². The van der Waals surface area contributed by atoms with Gasteiger partial charge in [-0.3, -0.25) is 9.69 Å². The Morgan fingerprint density at radius 2 is 1.41 bits per heavy atom. The number of nitrogens with zero attached hydrogens (tertiary/aromatic N) is 1. The number of benzene rings is 3. The summed E-state index contributed by atoms with van der Waals surface area (Å²) < 4.78 is 5.87. The predicted octanol–water partition coefficient (Wildman–Crippen LogP) is 5.01. The van der Waals surface area contributed by atoms with Gasteiger partial charge in [0.1, 0.15) is 17.1 Å². The summed E-state index contributed by atoms with van der Waals surface area (Å²) in [7, 11) is 0. The topological polar surface area (TPSA) is 53.7 Å². The Bertz CT molecular complexity index is 1130. The van der Waals surface area contributed by atoms with Gasteiger partial charge in [-0.05, 0) is 30.2 Å². The molecule has 0 fully saturated rings. The van der Waals surface area contributed by atoms with Gasteiger partial charge in [0, 0.05) is 25.7 Å². The standard InChI is InChI=1S/C25H23NO3/c1-18-14-24(28)21-12-13-23(27)22(25(21)29-18)17-26(15-19-8-4-2-5-9-19)16-20-10-6-3-7-11-20/h2-14,27H,15-17H2,1H3. The van der Waals surface area contributed by atoms with Crippen LogP contribution in [0, 0.1) is 6.92 Å². The summed E-state index contributed by atoms with van der Waals surface area (Å²) >= 11 is 0. The van der Waals surface area contributed by atoms with Gasteiger partial charge in [0.05, 0.1) is 10.9 Å². The van der Waals surface area contributed by atoms with Crippen LogP contribution >= 0.6 is 0 Å². The lowest BCUT2D eigenvalue weighted by molar-refractivity contribution is 0.244. The van der Waals surface area contributed by atoms with Crippen molar-refractivity contribution in [1.29, 1.82) is 0 Å². The maximum absolute atomic E-state index is 12.4. The van der Waals surface area contributed by atoms with Crippen molar-refractivity contribution < 1.29 is 9.52 Å². The lowest BCUT2D eigenvalue weighted by Gasteiger charge is -2.23. The number of hydrogen-bond donors (Lipinski definition) is 1. The Labute approximate surface area is 169 Å². The van der Waals surface area contributed by atoms with Gasteiger partial charge in [-0.1, -0.05) is 60.7 Å². The predicted molar refractivity (Wildman–Crippen MR) is 115 cm³/mol. The Hall–Kier alpha value is -3.37. The summed E-state index contributed by atoms with van der Waals surface area (Å²) in [6, 6.07) is 25.1.